The van der Waals surface area contributed by atoms with Gasteiger partial charge in [0, 0.05) is 20.1 Å². The number of rotatable bonds is 9. The Bertz CT molecular complexity index is 353. The third kappa shape index (κ3) is 6.49. The van der Waals surface area contributed by atoms with Gasteiger partial charge in [-0.1, -0.05) is 0 Å². The van der Waals surface area contributed by atoms with Crippen molar-refractivity contribution >= 4 is 10.2 Å². The second-order valence-electron chi connectivity index (χ2n) is 5.71. The Labute approximate surface area is 124 Å². The summed E-state index contributed by atoms with van der Waals surface area (Å²) >= 11 is 0. The molecule has 1 rings (SSSR count). The van der Waals surface area contributed by atoms with Gasteiger partial charge in [-0.3, -0.25) is 0 Å². The smallest absolute Gasteiger partial charge is 0.279 e. The van der Waals surface area contributed by atoms with Crippen molar-refractivity contribution in [3.63, 3.8) is 0 Å². The van der Waals surface area contributed by atoms with E-state index in [-0.39, 0.29) is 0 Å². The predicted molar refractivity (Wildman–Crippen MR) is 82.9 cm³/mol. The summed E-state index contributed by atoms with van der Waals surface area (Å²) in [5.74, 6) is 0.656. The minimum absolute atomic E-state index is 0.546. The Morgan fingerprint density at radius 1 is 1.25 bits per heavy atom. The largest absolute Gasteiger partial charge is 0.320 e. The van der Waals surface area contributed by atoms with E-state index in [9.17, 15) is 8.42 Å². The van der Waals surface area contributed by atoms with Gasteiger partial charge in [0.15, 0.2) is 0 Å². The highest BCUT2D eigenvalue weighted by atomic mass is 32.2. The summed E-state index contributed by atoms with van der Waals surface area (Å²) in [5, 5.41) is 3.02. The molecule has 0 aromatic heterocycles. The molecule has 1 aliphatic rings. The summed E-state index contributed by atoms with van der Waals surface area (Å²) in [5.41, 5.74) is 0. The van der Waals surface area contributed by atoms with E-state index in [1.54, 1.807) is 7.05 Å². The van der Waals surface area contributed by atoms with Crippen molar-refractivity contribution in [3.8, 4) is 0 Å². The first-order valence-electron chi connectivity index (χ1n) is 7.49. The molecule has 0 atom stereocenters. The van der Waals surface area contributed by atoms with E-state index in [1.807, 2.05) is 7.05 Å². The van der Waals surface area contributed by atoms with Crippen LogP contribution in [0.3, 0.4) is 0 Å². The number of nitrogens with zero attached hydrogens (tertiary/aromatic N) is 2. The van der Waals surface area contributed by atoms with Gasteiger partial charge < -0.3 is 10.2 Å². The molecule has 7 heteroatoms. The van der Waals surface area contributed by atoms with Gasteiger partial charge in [0.05, 0.1) is 0 Å². The second kappa shape index (κ2) is 8.94. The van der Waals surface area contributed by atoms with Crippen LogP contribution in [-0.4, -0.2) is 71.5 Å². The van der Waals surface area contributed by atoms with Crippen LogP contribution in [-0.2, 0) is 10.2 Å². The predicted octanol–water partition coefficient (Wildman–Crippen LogP) is 0.0940. The van der Waals surface area contributed by atoms with E-state index in [1.165, 1.54) is 17.1 Å². The van der Waals surface area contributed by atoms with Gasteiger partial charge in [0.2, 0.25) is 0 Å². The third-order valence-corrected chi connectivity index (χ3v) is 5.56. The average Bonchev–Trinajstić information content (AvgIpc) is 2.41. The molecule has 0 radical (unpaired) electrons. The highest BCUT2D eigenvalue weighted by Gasteiger charge is 2.19. The lowest BCUT2D eigenvalue weighted by Crippen LogP contribution is -2.40. The zero-order chi connectivity index (χ0) is 15.0. The second-order valence-corrected chi connectivity index (χ2v) is 7.58. The van der Waals surface area contributed by atoms with Crippen LogP contribution < -0.4 is 10.0 Å². The van der Waals surface area contributed by atoms with E-state index in [0.29, 0.717) is 19.0 Å². The molecule has 2 N–H and O–H groups in total. The topological polar surface area (TPSA) is 64.7 Å². The Kier molecular flexibility index (Phi) is 7.98. The van der Waals surface area contributed by atoms with E-state index < -0.39 is 10.2 Å². The fraction of sp³-hybridized carbons (Fsp3) is 1.00. The molecular formula is C13H30N4O2S. The maximum atomic E-state index is 12.0. The van der Waals surface area contributed by atoms with Gasteiger partial charge >= 0.3 is 0 Å². The first-order valence-corrected chi connectivity index (χ1v) is 8.94. The molecule has 0 bridgehead atoms. The third-order valence-electron chi connectivity index (χ3n) is 3.99. The van der Waals surface area contributed by atoms with Crippen LogP contribution in [0.1, 0.15) is 25.7 Å². The summed E-state index contributed by atoms with van der Waals surface area (Å²) in [4.78, 5) is 2.33. The van der Waals surface area contributed by atoms with Crippen molar-refractivity contribution in [1.29, 1.82) is 0 Å². The van der Waals surface area contributed by atoms with Crippen LogP contribution in [0, 0.1) is 5.92 Å². The molecule has 0 saturated carbocycles. The molecule has 1 aliphatic heterocycles. The first-order chi connectivity index (χ1) is 9.45. The molecule has 0 aliphatic carbocycles. The number of likely N-dealkylation sites (tertiary alicyclic amines) is 1. The normalized spacial score (nSPS) is 18.8. The molecular weight excluding hydrogens is 276 g/mol. The first kappa shape index (κ1) is 17.8. The molecule has 1 fully saturated rings. The Hall–Kier alpha value is -0.210. The molecule has 0 spiro atoms. The van der Waals surface area contributed by atoms with Gasteiger partial charge in [0.25, 0.3) is 10.2 Å². The highest BCUT2D eigenvalue weighted by Crippen LogP contribution is 2.18. The van der Waals surface area contributed by atoms with Crippen LogP contribution in [0.4, 0.5) is 0 Å². The van der Waals surface area contributed by atoms with Gasteiger partial charge in [0.1, 0.15) is 0 Å². The zero-order valence-corrected chi connectivity index (χ0v) is 13.9. The lowest BCUT2D eigenvalue weighted by atomic mass is 9.94. The summed E-state index contributed by atoms with van der Waals surface area (Å²) in [6.45, 7) is 4.18. The molecule has 0 aromatic carbocycles. The van der Waals surface area contributed by atoms with Crippen molar-refractivity contribution < 1.29 is 8.42 Å². The average molecular weight is 306 g/mol. The molecule has 6 nitrogen and oxygen atoms in total. The maximum Gasteiger partial charge on any atom is 0.279 e. The van der Waals surface area contributed by atoms with Crippen molar-refractivity contribution in [2.75, 3.05) is 53.9 Å². The maximum absolute atomic E-state index is 12.0. The molecule has 0 unspecified atom stereocenters. The van der Waals surface area contributed by atoms with E-state index in [0.717, 1.165) is 32.5 Å². The Morgan fingerprint density at radius 3 is 2.50 bits per heavy atom. The minimum Gasteiger partial charge on any atom is -0.320 e. The highest BCUT2D eigenvalue weighted by molar-refractivity contribution is 7.87. The number of piperidine rings is 1. The minimum atomic E-state index is -3.31. The van der Waals surface area contributed by atoms with E-state index in [2.05, 4.69) is 22.0 Å². The van der Waals surface area contributed by atoms with Gasteiger partial charge in [-0.15, -0.1) is 0 Å². The Morgan fingerprint density at radius 2 is 1.90 bits per heavy atom. The molecule has 0 aromatic rings. The number of nitrogens with one attached hydrogen (secondary N) is 2. The fourth-order valence-corrected chi connectivity index (χ4v) is 3.42. The van der Waals surface area contributed by atoms with Crippen molar-refractivity contribution in [2.24, 2.45) is 5.92 Å². The van der Waals surface area contributed by atoms with Gasteiger partial charge in [-0.25, -0.2) is 4.72 Å². The summed E-state index contributed by atoms with van der Waals surface area (Å²) in [6.07, 6.45) is 4.12. The number of hydrogen-bond donors (Lipinski definition) is 2. The van der Waals surface area contributed by atoms with Gasteiger partial charge in [-0.2, -0.15) is 12.7 Å². The molecule has 1 heterocycles. The summed E-state index contributed by atoms with van der Waals surface area (Å²) < 4.78 is 28.1. The Balaban J connectivity index is 2.21. The monoisotopic (exact) mass is 306 g/mol. The van der Waals surface area contributed by atoms with E-state index >= 15 is 0 Å². The van der Waals surface area contributed by atoms with Crippen molar-refractivity contribution in [2.45, 2.75) is 25.7 Å². The molecule has 20 heavy (non-hydrogen) atoms. The summed E-state index contributed by atoms with van der Waals surface area (Å²) in [7, 11) is 2.33. The standard InChI is InChI=1S/C13H30N4O2S/c1-14-8-4-10-17(3)20(18,19)15-9-5-13-6-11-16(2)12-7-13/h13-15H,4-12H2,1-3H3. The lowest BCUT2D eigenvalue weighted by Gasteiger charge is -2.29. The quantitative estimate of drug-likeness (QED) is 0.593. The molecule has 1 saturated heterocycles. The van der Waals surface area contributed by atoms with Crippen molar-refractivity contribution in [3.05, 3.63) is 0 Å². The zero-order valence-electron chi connectivity index (χ0n) is 13.1. The van der Waals surface area contributed by atoms with E-state index in [4.69, 9.17) is 0 Å². The van der Waals surface area contributed by atoms with Crippen LogP contribution in [0.5, 0.6) is 0 Å². The van der Waals surface area contributed by atoms with Crippen LogP contribution >= 0.6 is 0 Å². The van der Waals surface area contributed by atoms with Crippen molar-refractivity contribution in [1.82, 2.24) is 19.2 Å². The number of hydrogen-bond acceptors (Lipinski definition) is 4. The fourth-order valence-electron chi connectivity index (χ4n) is 2.45. The lowest BCUT2D eigenvalue weighted by molar-refractivity contribution is 0.213. The summed E-state index contributed by atoms with van der Waals surface area (Å²) in [6, 6.07) is 0. The molecule has 0 amide bonds. The van der Waals surface area contributed by atoms with Crippen LogP contribution in [0.15, 0.2) is 0 Å². The SMILES string of the molecule is CNCCCN(C)S(=O)(=O)NCCC1CCN(C)CC1. The van der Waals surface area contributed by atoms with Gasteiger partial charge in [-0.05, 0) is 65.3 Å². The van der Waals surface area contributed by atoms with Crippen LogP contribution in [0.25, 0.3) is 0 Å². The molecule has 120 valence electrons. The van der Waals surface area contributed by atoms with Crippen LogP contribution in [0.2, 0.25) is 0 Å².